The van der Waals surface area contributed by atoms with Gasteiger partial charge in [0.2, 0.25) is 11.8 Å². The molecular formula is C25H19ClN2O3S2. The number of aromatic amines is 1. The highest BCUT2D eigenvalue weighted by Gasteiger charge is 2.69. The van der Waals surface area contributed by atoms with E-state index < -0.39 is 0 Å². The second-order valence-electron chi connectivity index (χ2n) is 9.36. The van der Waals surface area contributed by atoms with Crippen molar-refractivity contribution >= 4 is 52.2 Å². The number of imide groups is 1. The zero-order valence-electron chi connectivity index (χ0n) is 17.3. The Morgan fingerprint density at radius 3 is 2.33 bits per heavy atom. The highest BCUT2D eigenvalue weighted by atomic mass is 35.5. The molecule has 33 heavy (non-hydrogen) atoms. The Balaban J connectivity index is 1.33. The van der Waals surface area contributed by atoms with Gasteiger partial charge in [0, 0.05) is 21.1 Å². The average molecular weight is 495 g/mol. The molecule has 7 atom stereocenters. The summed E-state index contributed by atoms with van der Waals surface area (Å²) in [7, 11) is 0. The number of nitrogens with zero attached hydrogens (tertiary/aromatic N) is 1. The minimum atomic E-state index is -0.288. The number of carbonyl (C=O) groups excluding carboxylic acids is 2. The van der Waals surface area contributed by atoms with E-state index in [0.717, 1.165) is 16.3 Å². The summed E-state index contributed by atoms with van der Waals surface area (Å²) in [5.41, 5.74) is 1.78. The standard InChI is InChI=1S/C25H19ClN2O3S2/c26-12-6-8-13(9-7-12)28-23(29)18-14-10-15(19(18)24(28)30)20-17(14)16(11-4-2-1-3-5-11)21-22(32-20)27-25(31)33-21/h1-9,14-20H,10H2,(H,27,31). The molecule has 0 spiro atoms. The van der Waals surface area contributed by atoms with Gasteiger partial charge in [0.15, 0.2) is 0 Å². The molecule has 1 N–H and O–H groups in total. The Hall–Kier alpha value is -2.35. The third kappa shape index (κ3) is 2.70. The Morgan fingerprint density at radius 2 is 1.61 bits per heavy atom. The van der Waals surface area contributed by atoms with Gasteiger partial charge in [0.25, 0.3) is 0 Å². The van der Waals surface area contributed by atoms with E-state index in [-0.39, 0.29) is 57.4 Å². The van der Waals surface area contributed by atoms with Crippen molar-refractivity contribution in [2.45, 2.75) is 22.6 Å². The molecule has 0 radical (unpaired) electrons. The lowest BCUT2D eigenvalue weighted by Crippen LogP contribution is -2.42. The number of nitrogens with one attached hydrogen (secondary N) is 1. The summed E-state index contributed by atoms with van der Waals surface area (Å²) in [6.07, 6.45) is 0.895. The molecule has 3 fully saturated rings. The van der Waals surface area contributed by atoms with Crippen LogP contribution in [0.5, 0.6) is 0 Å². The molecule has 7 unspecified atom stereocenters. The van der Waals surface area contributed by atoms with E-state index >= 15 is 0 Å². The molecule has 2 saturated carbocycles. The molecule has 2 amide bonds. The van der Waals surface area contributed by atoms with Crippen molar-refractivity contribution in [3.63, 3.8) is 0 Å². The second kappa shape index (κ2) is 7.08. The predicted octanol–water partition coefficient (Wildman–Crippen LogP) is 4.77. The molecule has 1 saturated heterocycles. The van der Waals surface area contributed by atoms with Crippen LogP contribution in [0, 0.1) is 29.6 Å². The summed E-state index contributed by atoms with van der Waals surface area (Å²) in [6, 6.07) is 17.2. The normalized spacial score (nSPS) is 33.8. The number of thioether (sulfide) groups is 1. The van der Waals surface area contributed by atoms with E-state index in [1.54, 1.807) is 36.0 Å². The smallest absolute Gasteiger partial charge is 0.305 e. The monoisotopic (exact) mass is 494 g/mol. The van der Waals surface area contributed by atoms with Gasteiger partial charge in [-0.2, -0.15) is 0 Å². The Labute approximate surface area is 203 Å². The fourth-order valence-electron chi connectivity index (χ4n) is 6.90. The van der Waals surface area contributed by atoms with Crippen LogP contribution in [0.3, 0.4) is 0 Å². The molecule has 2 aromatic carbocycles. The van der Waals surface area contributed by atoms with Gasteiger partial charge >= 0.3 is 4.87 Å². The first kappa shape index (κ1) is 20.1. The van der Waals surface area contributed by atoms with Crippen molar-refractivity contribution in [3.8, 4) is 0 Å². The maximum atomic E-state index is 13.7. The molecule has 5 nitrogen and oxygen atoms in total. The Bertz CT molecular complexity index is 1350. The van der Waals surface area contributed by atoms with E-state index in [1.807, 2.05) is 18.2 Å². The summed E-state index contributed by atoms with van der Waals surface area (Å²) in [6.45, 7) is 0. The number of fused-ring (bicyclic) bond motifs is 9. The van der Waals surface area contributed by atoms with Crippen molar-refractivity contribution in [2.75, 3.05) is 4.90 Å². The molecule has 4 aliphatic rings. The molecule has 1 aromatic heterocycles. The topological polar surface area (TPSA) is 70.2 Å². The van der Waals surface area contributed by atoms with Crippen LogP contribution in [0.25, 0.3) is 0 Å². The summed E-state index contributed by atoms with van der Waals surface area (Å²) in [5.74, 6) is -0.181. The maximum absolute atomic E-state index is 13.7. The number of aromatic nitrogens is 1. The second-order valence-corrected chi connectivity index (χ2v) is 12.0. The van der Waals surface area contributed by atoms with Crippen molar-refractivity contribution < 1.29 is 9.59 Å². The van der Waals surface area contributed by atoms with Crippen LogP contribution in [-0.4, -0.2) is 22.0 Å². The van der Waals surface area contributed by atoms with Gasteiger partial charge in [0.05, 0.1) is 22.5 Å². The molecule has 2 aliphatic heterocycles. The number of hydrogen-bond acceptors (Lipinski definition) is 5. The first-order valence-corrected chi connectivity index (χ1v) is 13.2. The van der Waals surface area contributed by atoms with E-state index in [4.69, 9.17) is 11.6 Å². The van der Waals surface area contributed by atoms with Gasteiger partial charge in [-0.05, 0) is 54.0 Å². The quantitative estimate of drug-likeness (QED) is 0.521. The Kier molecular flexibility index (Phi) is 4.30. The highest BCUT2D eigenvalue weighted by molar-refractivity contribution is 8.00. The van der Waals surface area contributed by atoms with Crippen LogP contribution < -0.4 is 9.77 Å². The van der Waals surface area contributed by atoms with Crippen molar-refractivity contribution in [2.24, 2.45) is 29.6 Å². The van der Waals surface area contributed by atoms with E-state index in [0.29, 0.717) is 10.7 Å². The lowest BCUT2D eigenvalue weighted by molar-refractivity contribution is -0.123. The van der Waals surface area contributed by atoms with E-state index in [2.05, 4.69) is 17.1 Å². The molecule has 3 aromatic rings. The first-order chi connectivity index (χ1) is 16.0. The average Bonchev–Trinajstić information content (AvgIpc) is 3.54. The van der Waals surface area contributed by atoms with Crippen molar-refractivity contribution in [1.82, 2.24) is 4.98 Å². The predicted molar refractivity (Wildman–Crippen MR) is 129 cm³/mol. The minimum absolute atomic E-state index is 0.0398. The minimum Gasteiger partial charge on any atom is -0.307 e. The molecular weight excluding hydrogens is 476 g/mol. The lowest BCUT2D eigenvalue weighted by atomic mass is 9.68. The van der Waals surface area contributed by atoms with Crippen molar-refractivity contribution in [3.05, 3.63) is 79.7 Å². The Morgan fingerprint density at radius 1 is 0.909 bits per heavy atom. The number of anilines is 1. The number of carbonyl (C=O) groups is 2. The largest absolute Gasteiger partial charge is 0.307 e. The van der Waals surface area contributed by atoms with Crippen LogP contribution in [0.2, 0.25) is 5.02 Å². The molecule has 2 bridgehead atoms. The van der Waals surface area contributed by atoms with E-state index in [1.165, 1.54) is 21.8 Å². The van der Waals surface area contributed by atoms with Gasteiger partial charge < -0.3 is 4.98 Å². The zero-order valence-corrected chi connectivity index (χ0v) is 19.7. The fourth-order valence-corrected chi connectivity index (χ4v) is 9.91. The summed E-state index contributed by atoms with van der Waals surface area (Å²) < 4.78 is 0. The third-order valence-corrected chi connectivity index (χ3v) is 10.8. The van der Waals surface area contributed by atoms with Crippen LogP contribution in [0.15, 0.2) is 64.4 Å². The zero-order chi connectivity index (χ0) is 22.4. The van der Waals surface area contributed by atoms with Gasteiger partial charge in [-0.15, -0.1) is 11.8 Å². The number of H-pyrrole nitrogens is 1. The number of thiazole rings is 1. The van der Waals surface area contributed by atoms with Crippen LogP contribution >= 0.6 is 34.7 Å². The number of hydrogen-bond donors (Lipinski definition) is 1. The number of halogens is 1. The van der Waals surface area contributed by atoms with Crippen LogP contribution in [0.1, 0.15) is 22.8 Å². The SMILES string of the molecule is O=C1C2C3CC(C2C(=O)N1c1ccc(Cl)cc1)C1C(c2ccccc2)c2sc(=O)[nH]c2SC31. The lowest BCUT2D eigenvalue weighted by Gasteiger charge is -2.43. The molecule has 2 aliphatic carbocycles. The molecule has 8 heteroatoms. The van der Waals surface area contributed by atoms with E-state index in [9.17, 15) is 14.4 Å². The molecule has 166 valence electrons. The summed E-state index contributed by atoms with van der Waals surface area (Å²) in [4.78, 5) is 45.0. The number of benzene rings is 2. The molecule has 3 heterocycles. The highest BCUT2D eigenvalue weighted by Crippen LogP contribution is 2.68. The van der Waals surface area contributed by atoms with Gasteiger partial charge in [-0.1, -0.05) is 53.3 Å². The maximum Gasteiger partial charge on any atom is 0.305 e. The number of rotatable bonds is 2. The third-order valence-electron chi connectivity index (χ3n) is 7.97. The van der Waals surface area contributed by atoms with Crippen molar-refractivity contribution in [1.29, 1.82) is 0 Å². The summed E-state index contributed by atoms with van der Waals surface area (Å²) >= 11 is 9.03. The van der Waals surface area contributed by atoms with Crippen LogP contribution in [-0.2, 0) is 9.59 Å². The van der Waals surface area contributed by atoms with Gasteiger partial charge in [-0.3, -0.25) is 19.3 Å². The van der Waals surface area contributed by atoms with Gasteiger partial charge in [0.1, 0.15) is 0 Å². The van der Waals surface area contributed by atoms with Crippen LogP contribution in [0.4, 0.5) is 5.69 Å². The van der Waals surface area contributed by atoms with Gasteiger partial charge in [-0.25, -0.2) is 0 Å². The summed E-state index contributed by atoms with van der Waals surface area (Å²) in [5, 5.41) is 1.73. The molecule has 7 rings (SSSR count). The first-order valence-electron chi connectivity index (χ1n) is 11.1. The number of amides is 2. The fraction of sp³-hybridized carbons (Fsp3) is 0.320.